The van der Waals surface area contributed by atoms with Crippen LogP contribution in [-0.4, -0.2) is 31.9 Å². The van der Waals surface area contributed by atoms with E-state index in [0.29, 0.717) is 6.61 Å². The van der Waals surface area contributed by atoms with Crippen LogP contribution in [0.2, 0.25) is 0 Å². The Morgan fingerprint density at radius 2 is 1.75 bits per heavy atom. The van der Waals surface area contributed by atoms with Gasteiger partial charge < -0.3 is 14.7 Å². The van der Waals surface area contributed by atoms with Gasteiger partial charge in [-0.15, -0.1) is 0 Å². The van der Waals surface area contributed by atoms with E-state index in [1.54, 1.807) is 0 Å². The summed E-state index contributed by atoms with van der Waals surface area (Å²) in [5.41, 5.74) is 2.02. The molecular weight excluding hydrogens is 202 g/mol. The summed E-state index contributed by atoms with van der Waals surface area (Å²) >= 11 is 0. The van der Waals surface area contributed by atoms with E-state index in [1.807, 2.05) is 57.1 Å². The molecule has 3 heteroatoms. The Kier molecular flexibility index (Phi) is 4.77. The third-order valence-electron chi connectivity index (χ3n) is 2.38. The van der Waals surface area contributed by atoms with Crippen molar-refractivity contribution in [1.29, 1.82) is 0 Å². The fourth-order valence-corrected chi connectivity index (χ4v) is 1.37. The Bertz CT molecular complexity index is 306. The maximum absolute atomic E-state index is 9.86. The number of nitrogens with zero attached hydrogens (tertiary/aromatic N) is 1. The second-order valence-electron chi connectivity index (χ2n) is 4.38. The van der Waals surface area contributed by atoms with Crippen molar-refractivity contribution in [3.8, 4) is 0 Å². The standard InChI is InChI=1S/C13H21NO2/c1-10(2)16-9-13(15)11-5-7-12(8-6-11)14(3)4/h5-8,10,13,15H,9H2,1-4H3. The lowest BCUT2D eigenvalue weighted by Crippen LogP contribution is -2.12. The monoisotopic (exact) mass is 223 g/mol. The zero-order valence-electron chi connectivity index (χ0n) is 10.5. The molecule has 0 radical (unpaired) electrons. The predicted octanol–water partition coefficient (Wildman–Crippen LogP) is 2.21. The van der Waals surface area contributed by atoms with E-state index in [9.17, 15) is 5.11 Å². The number of ether oxygens (including phenoxy) is 1. The Morgan fingerprint density at radius 3 is 2.19 bits per heavy atom. The minimum absolute atomic E-state index is 0.149. The van der Waals surface area contributed by atoms with Gasteiger partial charge in [-0.3, -0.25) is 0 Å². The molecule has 0 bridgehead atoms. The van der Waals surface area contributed by atoms with E-state index in [4.69, 9.17) is 4.74 Å². The number of benzene rings is 1. The van der Waals surface area contributed by atoms with Gasteiger partial charge in [0.1, 0.15) is 6.10 Å². The molecule has 1 aromatic rings. The van der Waals surface area contributed by atoms with Crippen molar-refractivity contribution in [2.75, 3.05) is 25.6 Å². The van der Waals surface area contributed by atoms with E-state index in [1.165, 1.54) is 0 Å². The smallest absolute Gasteiger partial charge is 0.102 e. The van der Waals surface area contributed by atoms with E-state index >= 15 is 0 Å². The highest BCUT2D eigenvalue weighted by Gasteiger charge is 2.08. The Morgan fingerprint density at radius 1 is 1.19 bits per heavy atom. The minimum Gasteiger partial charge on any atom is -0.386 e. The number of hydrogen-bond donors (Lipinski definition) is 1. The van der Waals surface area contributed by atoms with Crippen molar-refractivity contribution in [2.45, 2.75) is 26.1 Å². The molecule has 1 aromatic carbocycles. The molecule has 0 saturated heterocycles. The third-order valence-corrected chi connectivity index (χ3v) is 2.38. The van der Waals surface area contributed by atoms with Crippen molar-refractivity contribution in [1.82, 2.24) is 0 Å². The second-order valence-corrected chi connectivity index (χ2v) is 4.38. The highest BCUT2D eigenvalue weighted by atomic mass is 16.5. The summed E-state index contributed by atoms with van der Waals surface area (Å²) < 4.78 is 5.38. The fourth-order valence-electron chi connectivity index (χ4n) is 1.37. The van der Waals surface area contributed by atoms with Gasteiger partial charge in [-0.2, -0.15) is 0 Å². The van der Waals surface area contributed by atoms with Crippen LogP contribution < -0.4 is 4.90 Å². The third kappa shape index (κ3) is 3.83. The molecule has 1 atom stereocenters. The van der Waals surface area contributed by atoms with Crippen molar-refractivity contribution in [3.63, 3.8) is 0 Å². The quantitative estimate of drug-likeness (QED) is 0.830. The van der Waals surface area contributed by atoms with Gasteiger partial charge in [0.05, 0.1) is 12.7 Å². The first kappa shape index (κ1) is 13.0. The van der Waals surface area contributed by atoms with Crippen LogP contribution in [0.5, 0.6) is 0 Å². The van der Waals surface area contributed by atoms with Crippen LogP contribution in [0, 0.1) is 0 Å². The van der Waals surface area contributed by atoms with Gasteiger partial charge in [0.2, 0.25) is 0 Å². The van der Waals surface area contributed by atoms with Crippen LogP contribution in [0.1, 0.15) is 25.5 Å². The molecule has 0 aliphatic rings. The zero-order valence-corrected chi connectivity index (χ0v) is 10.5. The van der Waals surface area contributed by atoms with E-state index in [-0.39, 0.29) is 6.10 Å². The molecule has 0 aromatic heterocycles. The summed E-state index contributed by atoms with van der Waals surface area (Å²) in [5, 5.41) is 9.86. The topological polar surface area (TPSA) is 32.7 Å². The summed E-state index contributed by atoms with van der Waals surface area (Å²) in [7, 11) is 3.99. The van der Waals surface area contributed by atoms with Crippen molar-refractivity contribution >= 4 is 5.69 Å². The maximum Gasteiger partial charge on any atom is 0.102 e. The highest BCUT2D eigenvalue weighted by Crippen LogP contribution is 2.18. The number of anilines is 1. The number of hydrogen-bond acceptors (Lipinski definition) is 3. The molecule has 1 rings (SSSR count). The van der Waals surface area contributed by atoms with Crippen LogP contribution >= 0.6 is 0 Å². The Hall–Kier alpha value is -1.06. The molecule has 1 N–H and O–H groups in total. The van der Waals surface area contributed by atoms with Crippen LogP contribution in [0.3, 0.4) is 0 Å². The summed E-state index contributed by atoms with van der Waals surface area (Å²) in [4.78, 5) is 2.03. The molecule has 0 amide bonds. The molecule has 90 valence electrons. The normalized spacial score (nSPS) is 12.9. The van der Waals surface area contributed by atoms with E-state index in [0.717, 1.165) is 11.3 Å². The number of rotatable bonds is 5. The first-order valence-electron chi connectivity index (χ1n) is 5.57. The molecule has 0 aliphatic carbocycles. The minimum atomic E-state index is -0.543. The lowest BCUT2D eigenvalue weighted by atomic mass is 10.1. The summed E-state index contributed by atoms with van der Waals surface area (Å²) in [5.74, 6) is 0. The van der Waals surface area contributed by atoms with Gasteiger partial charge in [-0.05, 0) is 31.5 Å². The first-order valence-corrected chi connectivity index (χ1v) is 5.57. The van der Waals surface area contributed by atoms with E-state index in [2.05, 4.69) is 0 Å². The second kappa shape index (κ2) is 5.87. The predicted molar refractivity (Wildman–Crippen MR) is 66.8 cm³/mol. The molecule has 0 aliphatic heterocycles. The average Bonchev–Trinajstić information content (AvgIpc) is 2.26. The van der Waals surface area contributed by atoms with Crippen molar-refractivity contribution in [2.24, 2.45) is 0 Å². The summed E-state index contributed by atoms with van der Waals surface area (Å²) in [6, 6.07) is 7.86. The lowest BCUT2D eigenvalue weighted by Gasteiger charge is -2.16. The zero-order chi connectivity index (χ0) is 12.1. The summed E-state index contributed by atoms with van der Waals surface area (Å²) in [6.45, 7) is 4.27. The van der Waals surface area contributed by atoms with Crippen LogP contribution in [0.15, 0.2) is 24.3 Å². The molecule has 0 saturated carbocycles. The first-order chi connectivity index (χ1) is 7.50. The molecule has 0 heterocycles. The average molecular weight is 223 g/mol. The van der Waals surface area contributed by atoms with Crippen LogP contribution in [-0.2, 0) is 4.74 Å². The SMILES string of the molecule is CC(C)OCC(O)c1ccc(N(C)C)cc1. The maximum atomic E-state index is 9.86. The summed E-state index contributed by atoms with van der Waals surface area (Å²) in [6.07, 6.45) is -0.394. The van der Waals surface area contributed by atoms with Gasteiger partial charge in [0.25, 0.3) is 0 Å². The van der Waals surface area contributed by atoms with Gasteiger partial charge in [-0.25, -0.2) is 0 Å². The number of aliphatic hydroxyl groups excluding tert-OH is 1. The van der Waals surface area contributed by atoms with Crippen molar-refractivity contribution in [3.05, 3.63) is 29.8 Å². The largest absolute Gasteiger partial charge is 0.386 e. The molecule has 1 unspecified atom stereocenters. The fraction of sp³-hybridized carbons (Fsp3) is 0.538. The van der Waals surface area contributed by atoms with Gasteiger partial charge in [0.15, 0.2) is 0 Å². The number of aliphatic hydroxyl groups is 1. The molecule has 0 spiro atoms. The Labute approximate surface area is 97.7 Å². The molecule has 3 nitrogen and oxygen atoms in total. The molecular formula is C13H21NO2. The lowest BCUT2D eigenvalue weighted by molar-refractivity contribution is 0.00493. The van der Waals surface area contributed by atoms with Gasteiger partial charge >= 0.3 is 0 Å². The van der Waals surface area contributed by atoms with Crippen LogP contribution in [0.4, 0.5) is 5.69 Å². The van der Waals surface area contributed by atoms with Crippen molar-refractivity contribution < 1.29 is 9.84 Å². The van der Waals surface area contributed by atoms with Crippen LogP contribution in [0.25, 0.3) is 0 Å². The molecule has 16 heavy (non-hydrogen) atoms. The Balaban J connectivity index is 2.59. The molecule has 0 fully saturated rings. The van der Waals surface area contributed by atoms with Gasteiger partial charge in [-0.1, -0.05) is 12.1 Å². The van der Waals surface area contributed by atoms with Gasteiger partial charge in [0, 0.05) is 19.8 Å². The highest BCUT2D eigenvalue weighted by molar-refractivity contribution is 5.46. The van der Waals surface area contributed by atoms with E-state index < -0.39 is 6.10 Å².